The van der Waals surface area contributed by atoms with Gasteiger partial charge in [-0.2, -0.15) is 0 Å². The van der Waals surface area contributed by atoms with Crippen molar-refractivity contribution < 1.29 is 4.52 Å². The van der Waals surface area contributed by atoms with Gasteiger partial charge in [0.1, 0.15) is 0 Å². The second-order valence-electron chi connectivity index (χ2n) is 4.60. The summed E-state index contributed by atoms with van der Waals surface area (Å²) in [6.45, 7) is 4.27. The summed E-state index contributed by atoms with van der Waals surface area (Å²) in [5.41, 5.74) is 7.73. The van der Waals surface area contributed by atoms with Crippen molar-refractivity contribution in [3.63, 3.8) is 0 Å². The van der Waals surface area contributed by atoms with E-state index in [1.165, 1.54) is 0 Å². The van der Waals surface area contributed by atoms with E-state index >= 15 is 0 Å². The highest BCUT2D eigenvalue weighted by atomic mass is 127. The highest BCUT2D eigenvalue weighted by molar-refractivity contribution is 14.1. The van der Waals surface area contributed by atoms with E-state index in [1.54, 1.807) is 0 Å². The Balaban J connectivity index is 2.47. The van der Waals surface area contributed by atoms with Gasteiger partial charge in [-0.15, -0.1) is 0 Å². The molecule has 0 bridgehead atoms. The Labute approximate surface area is 125 Å². The minimum Gasteiger partial charge on any atom is -0.381 e. The molecule has 96 valence electrons. The van der Waals surface area contributed by atoms with Crippen LogP contribution in [-0.4, -0.2) is 5.16 Å². The van der Waals surface area contributed by atoms with E-state index in [0.29, 0.717) is 16.8 Å². The second-order valence-corrected chi connectivity index (χ2v) is 6.17. The van der Waals surface area contributed by atoms with E-state index in [2.05, 4.69) is 41.6 Å². The molecule has 1 aromatic heterocycles. The van der Waals surface area contributed by atoms with Crippen LogP contribution in [0.3, 0.4) is 0 Å². The molecule has 2 rings (SSSR count). The summed E-state index contributed by atoms with van der Waals surface area (Å²) in [7, 11) is 0. The minimum atomic E-state index is 0.466. The van der Waals surface area contributed by atoms with Crippen LogP contribution in [0.15, 0.2) is 22.7 Å². The number of hydrogen-bond acceptors (Lipinski definition) is 3. The topological polar surface area (TPSA) is 52.0 Å². The fourth-order valence-corrected chi connectivity index (χ4v) is 2.31. The van der Waals surface area contributed by atoms with Gasteiger partial charge in [0.2, 0.25) is 0 Å². The summed E-state index contributed by atoms with van der Waals surface area (Å²) in [5.74, 6) is 1.68. The molecular weight excluding hydrogens is 363 g/mol. The van der Waals surface area contributed by atoms with Crippen LogP contribution in [0, 0.1) is 9.49 Å². The third kappa shape index (κ3) is 2.80. The van der Waals surface area contributed by atoms with E-state index < -0.39 is 0 Å². The Kier molecular flexibility index (Phi) is 4.17. The van der Waals surface area contributed by atoms with Crippen LogP contribution < -0.4 is 5.73 Å². The van der Waals surface area contributed by atoms with Crippen molar-refractivity contribution in [2.24, 2.45) is 5.92 Å². The summed E-state index contributed by atoms with van der Waals surface area (Å²) in [6.07, 6.45) is 0.842. The van der Waals surface area contributed by atoms with E-state index in [-0.39, 0.29) is 0 Å². The van der Waals surface area contributed by atoms with Crippen molar-refractivity contribution in [1.29, 1.82) is 0 Å². The van der Waals surface area contributed by atoms with Gasteiger partial charge < -0.3 is 10.3 Å². The lowest BCUT2D eigenvalue weighted by Gasteiger charge is -2.06. The largest absolute Gasteiger partial charge is 0.381 e. The molecule has 2 aromatic rings. The number of rotatable bonds is 3. The minimum absolute atomic E-state index is 0.466. The van der Waals surface area contributed by atoms with Crippen LogP contribution in [0.4, 0.5) is 5.82 Å². The second kappa shape index (κ2) is 5.48. The molecule has 0 spiro atoms. The molecular formula is C13H14ClIN2O. The molecule has 0 saturated heterocycles. The monoisotopic (exact) mass is 376 g/mol. The van der Waals surface area contributed by atoms with Gasteiger partial charge in [-0.3, -0.25) is 0 Å². The van der Waals surface area contributed by atoms with E-state index in [0.717, 1.165) is 26.9 Å². The van der Waals surface area contributed by atoms with Gasteiger partial charge in [0.25, 0.3) is 0 Å². The zero-order valence-electron chi connectivity index (χ0n) is 10.2. The molecule has 5 heteroatoms. The first-order valence-corrected chi connectivity index (χ1v) is 7.14. The Morgan fingerprint density at radius 1 is 1.44 bits per heavy atom. The maximum absolute atomic E-state index is 6.13. The summed E-state index contributed by atoms with van der Waals surface area (Å²) in [4.78, 5) is 0. The lowest BCUT2D eigenvalue weighted by molar-refractivity contribution is 0.434. The molecule has 0 aliphatic carbocycles. The van der Waals surface area contributed by atoms with E-state index in [1.807, 2.05) is 18.2 Å². The van der Waals surface area contributed by atoms with Crippen LogP contribution in [0.2, 0.25) is 5.02 Å². The standard InChI is InChI=1S/C13H14ClIN2O/c1-7(2)5-9-12(18-17-13(9)16)8-3-4-11(15)10(14)6-8/h3-4,6-7H,5H2,1-2H3,(H2,16,17). The number of nitrogen functional groups attached to an aromatic ring is 1. The molecule has 0 aliphatic heterocycles. The quantitative estimate of drug-likeness (QED) is 0.809. The zero-order valence-corrected chi connectivity index (χ0v) is 13.1. The number of aromatic nitrogens is 1. The molecule has 0 saturated carbocycles. The third-order valence-corrected chi connectivity index (χ3v) is 4.18. The number of halogens is 2. The first-order valence-electron chi connectivity index (χ1n) is 5.68. The Hall–Kier alpha value is -0.750. The summed E-state index contributed by atoms with van der Waals surface area (Å²) < 4.78 is 6.35. The molecule has 2 N–H and O–H groups in total. The van der Waals surface area contributed by atoms with Gasteiger partial charge in [0.05, 0.1) is 5.02 Å². The lowest BCUT2D eigenvalue weighted by Crippen LogP contribution is -1.99. The van der Waals surface area contributed by atoms with Crippen molar-refractivity contribution in [1.82, 2.24) is 5.16 Å². The first-order chi connectivity index (χ1) is 8.49. The van der Waals surface area contributed by atoms with E-state index in [9.17, 15) is 0 Å². The van der Waals surface area contributed by atoms with Crippen LogP contribution in [0.25, 0.3) is 11.3 Å². The zero-order chi connectivity index (χ0) is 13.3. The van der Waals surface area contributed by atoms with Crippen LogP contribution in [-0.2, 0) is 6.42 Å². The van der Waals surface area contributed by atoms with Gasteiger partial charge in [0.15, 0.2) is 11.6 Å². The SMILES string of the molecule is CC(C)Cc1c(N)noc1-c1ccc(I)c(Cl)c1. The smallest absolute Gasteiger partial charge is 0.172 e. The summed E-state index contributed by atoms with van der Waals surface area (Å²) in [5, 5.41) is 4.56. The maximum atomic E-state index is 6.13. The van der Waals surface area contributed by atoms with Crippen LogP contribution in [0.5, 0.6) is 0 Å². The number of hydrogen-bond donors (Lipinski definition) is 1. The van der Waals surface area contributed by atoms with Gasteiger partial charge in [-0.1, -0.05) is 30.6 Å². The molecule has 0 amide bonds. The molecule has 1 aromatic carbocycles. The Bertz CT molecular complexity index is 566. The van der Waals surface area contributed by atoms with Crippen molar-refractivity contribution in [3.8, 4) is 11.3 Å². The van der Waals surface area contributed by atoms with Crippen LogP contribution >= 0.6 is 34.2 Å². The molecule has 0 radical (unpaired) electrons. The normalized spacial score (nSPS) is 11.2. The molecule has 3 nitrogen and oxygen atoms in total. The van der Waals surface area contributed by atoms with Gasteiger partial charge in [-0.05, 0) is 53.1 Å². The highest BCUT2D eigenvalue weighted by Gasteiger charge is 2.17. The van der Waals surface area contributed by atoms with E-state index in [4.69, 9.17) is 21.9 Å². The van der Waals surface area contributed by atoms with Gasteiger partial charge >= 0.3 is 0 Å². The number of nitrogens with two attached hydrogens (primary N) is 1. The summed E-state index contributed by atoms with van der Waals surface area (Å²) >= 11 is 8.32. The molecule has 0 atom stereocenters. The number of benzene rings is 1. The lowest BCUT2D eigenvalue weighted by atomic mass is 10.00. The van der Waals surface area contributed by atoms with Crippen molar-refractivity contribution in [2.75, 3.05) is 5.73 Å². The molecule has 0 aliphatic rings. The maximum Gasteiger partial charge on any atom is 0.172 e. The first kappa shape index (κ1) is 13.7. The third-order valence-electron chi connectivity index (χ3n) is 2.61. The van der Waals surface area contributed by atoms with Gasteiger partial charge in [0, 0.05) is 14.7 Å². The van der Waals surface area contributed by atoms with Gasteiger partial charge in [-0.25, -0.2) is 0 Å². The molecule has 18 heavy (non-hydrogen) atoms. The highest BCUT2D eigenvalue weighted by Crippen LogP contribution is 2.32. The van der Waals surface area contributed by atoms with Crippen LogP contribution in [0.1, 0.15) is 19.4 Å². The average molecular weight is 377 g/mol. The number of nitrogens with zero attached hydrogens (tertiary/aromatic N) is 1. The predicted molar refractivity (Wildman–Crippen MR) is 82.6 cm³/mol. The van der Waals surface area contributed by atoms with Crippen molar-refractivity contribution in [3.05, 3.63) is 32.4 Å². The molecule has 1 heterocycles. The molecule has 0 fully saturated rings. The van der Waals surface area contributed by atoms with Crippen molar-refractivity contribution >= 4 is 40.0 Å². The fraction of sp³-hybridized carbons (Fsp3) is 0.308. The fourth-order valence-electron chi connectivity index (χ4n) is 1.79. The Morgan fingerprint density at radius 2 is 2.17 bits per heavy atom. The Morgan fingerprint density at radius 3 is 2.78 bits per heavy atom. The number of anilines is 1. The molecule has 0 unspecified atom stereocenters. The average Bonchev–Trinajstić information content (AvgIpc) is 2.64. The van der Waals surface area contributed by atoms with Crippen molar-refractivity contribution in [2.45, 2.75) is 20.3 Å². The predicted octanol–water partition coefficient (Wildman–Crippen LogP) is 4.38. The summed E-state index contributed by atoms with van der Waals surface area (Å²) in [6, 6.07) is 5.81.